The summed E-state index contributed by atoms with van der Waals surface area (Å²) in [5.41, 5.74) is 0.136. The van der Waals surface area contributed by atoms with Gasteiger partial charge < -0.3 is 10.1 Å². The van der Waals surface area contributed by atoms with Crippen molar-refractivity contribution in [1.29, 1.82) is 0 Å². The minimum atomic E-state index is 0. The SMILES string of the molecule is CC(C)(C)[CH-]NC[C-]=O.[Y]. The Morgan fingerprint density at radius 1 is 1.50 bits per heavy atom. The minimum Gasteiger partial charge on any atom is -0.541 e. The Kier molecular flexibility index (Phi) is 8.59. The molecule has 0 saturated carbocycles. The molecule has 0 aromatic carbocycles. The van der Waals surface area contributed by atoms with Gasteiger partial charge in [-0.1, -0.05) is 20.8 Å². The number of rotatable bonds is 3. The van der Waals surface area contributed by atoms with E-state index in [2.05, 4.69) is 26.1 Å². The molecule has 0 aromatic heterocycles. The predicted octanol–water partition coefficient (Wildman–Crippen LogP) is 0.891. The van der Waals surface area contributed by atoms with Gasteiger partial charge in [-0.2, -0.15) is 5.41 Å². The van der Waals surface area contributed by atoms with Crippen LogP contribution in [0.2, 0.25) is 0 Å². The van der Waals surface area contributed by atoms with E-state index in [0.717, 1.165) is 0 Å². The van der Waals surface area contributed by atoms with Crippen LogP contribution >= 0.6 is 0 Å². The van der Waals surface area contributed by atoms with Crippen LogP contribution < -0.4 is 5.32 Å². The molecule has 0 aliphatic rings. The van der Waals surface area contributed by atoms with Crippen molar-refractivity contribution < 1.29 is 37.5 Å². The van der Waals surface area contributed by atoms with E-state index in [0.29, 0.717) is 0 Å². The summed E-state index contributed by atoms with van der Waals surface area (Å²) in [5.74, 6) is 0. The third-order valence-corrected chi connectivity index (χ3v) is 0.709. The van der Waals surface area contributed by atoms with Gasteiger partial charge in [0.15, 0.2) is 0 Å². The Morgan fingerprint density at radius 3 is 2.30 bits per heavy atom. The Hall–Kier alpha value is 0.734. The maximum Gasteiger partial charge on any atom is 0 e. The molecule has 1 N–H and O–H groups in total. The molecule has 10 heavy (non-hydrogen) atoms. The molecule has 0 aliphatic carbocycles. The van der Waals surface area contributed by atoms with Crippen molar-refractivity contribution in [3.05, 3.63) is 6.54 Å². The molecule has 0 fully saturated rings. The van der Waals surface area contributed by atoms with Gasteiger partial charge in [-0.3, -0.25) is 12.8 Å². The smallest absolute Gasteiger partial charge is 0 e. The van der Waals surface area contributed by atoms with Gasteiger partial charge >= 0.3 is 0 Å². The van der Waals surface area contributed by atoms with E-state index in [1.54, 1.807) is 6.29 Å². The minimum absolute atomic E-state index is 0. The largest absolute Gasteiger partial charge is 0.541 e. The average molecular weight is 216 g/mol. The molecule has 0 atom stereocenters. The van der Waals surface area contributed by atoms with Crippen LogP contribution in [0.5, 0.6) is 0 Å². The third-order valence-electron chi connectivity index (χ3n) is 0.709. The van der Waals surface area contributed by atoms with Gasteiger partial charge in [0.05, 0.1) is 0 Å². The number of hydrogen-bond donors (Lipinski definition) is 1. The fourth-order valence-corrected chi connectivity index (χ4v) is 0.399. The van der Waals surface area contributed by atoms with Gasteiger partial charge in [-0.25, -0.2) is 0 Å². The summed E-state index contributed by atoms with van der Waals surface area (Å²) in [7, 11) is 0. The normalized spacial score (nSPS) is 10.3. The molecule has 0 heterocycles. The molecule has 57 valence electrons. The van der Waals surface area contributed by atoms with Crippen molar-refractivity contribution in [2.45, 2.75) is 20.8 Å². The summed E-state index contributed by atoms with van der Waals surface area (Å²) in [4.78, 5) is 9.68. The Morgan fingerprint density at radius 2 is 2.00 bits per heavy atom. The molecule has 0 aromatic rings. The molecule has 0 saturated heterocycles. The van der Waals surface area contributed by atoms with E-state index < -0.39 is 0 Å². The summed E-state index contributed by atoms with van der Waals surface area (Å²) in [6, 6.07) is 0. The Bertz CT molecular complexity index is 88.1. The van der Waals surface area contributed by atoms with Crippen LogP contribution in [0.4, 0.5) is 0 Å². The topological polar surface area (TPSA) is 29.1 Å². The van der Waals surface area contributed by atoms with Crippen LogP contribution in [0.25, 0.3) is 0 Å². The van der Waals surface area contributed by atoms with Gasteiger partial charge in [-0.05, 0) is 0 Å². The monoisotopic (exact) mass is 216 g/mol. The van der Waals surface area contributed by atoms with E-state index >= 15 is 0 Å². The van der Waals surface area contributed by atoms with Crippen LogP contribution in [0, 0.1) is 12.0 Å². The molecular weight excluding hydrogens is 203 g/mol. The molecule has 0 spiro atoms. The molecule has 0 rings (SSSR count). The van der Waals surface area contributed by atoms with Crippen LogP contribution in [0.15, 0.2) is 0 Å². The number of hydrogen-bond acceptors (Lipinski definition) is 2. The van der Waals surface area contributed by atoms with Crippen LogP contribution in [0.1, 0.15) is 20.8 Å². The molecule has 1 radical (unpaired) electrons. The number of nitrogens with one attached hydrogen (secondary N) is 1. The van der Waals surface area contributed by atoms with Gasteiger partial charge in [-0.15, -0.1) is 6.54 Å². The molecule has 2 nitrogen and oxygen atoms in total. The standard InChI is InChI=1S/C7H13NO.Y/c1-7(2,3)6-8-4-5-9;/h6,8H,4H2,1-3H3;/q-2;. The fraction of sp³-hybridized carbons (Fsp3) is 0.714. The predicted molar refractivity (Wildman–Crippen MR) is 37.5 cm³/mol. The van der Waals surface area contributed by atoms with E-state index in [9.17, 15) is 4.79 Å². The van der Waals surface area contributed by atoms with Crippen LogP contribution in [-0.4, -0.2) is 12.8 Å². The molecule has 0 amide bonds. The second-order valence-corrected chi connectivity index (χ2v) is 3.04. The maximum absolute atomic E-state index is 9.68. The maximum atomic E-state index is 9.68. The van der Waals surface area contributed by atoms with Gasteiger partial charge in [0.1, 0.15) is 0 Å². The Labute approximate surface area is 88.0 Å². The summed E-state index contributed by atoms with van der Waals surface area (Å²) in [6.45, 7) is 8.36. The quantitative estimate of drug-likeness (QED) is 0.560. The average Bonchev–Trinajstić information content (AvgIpc) is 1.63. The zero-order chi connectivity index (χ0) is 7.33. The molecule has 0 bridgehead atoms. The van der Waals surface area contributed by atoms with E-state index in [-0.39, 0.29) is 44.7 Å². The molecule has 3 heteroatoms. The first-order chi connectivity index (χ1) is 4.06. The fourth-order valence-electron chi connectivity index (χ4n) is 0.399. The molecule has 0 unspecified atom stereocenters. The van der Waals surface area contributed by atoms with Crippen molar-refractivity contribution in [3.63, 3.8) is 0 Å². The van der Waals surface area contributed by atoms with Crippen molar-refractivity contribution in [2.75, 3.05) is 6.54 Å². The van der Waals surface area contributed by atoms with Gasteiger partial charge in [0.25, 0.3) is 0 Å². The van der Waals surface area contributed by atoms with Crippen LogP contribution in [-0.2, 0) is 37.5 Å². The van der Waals surface area contributed by atoms with Gasteiger partial charge in [0, 0.05) is 32.7 Å². The number of carbonyl (C=O) groups excluding carboxylic acids is 1. The van der Waals surface area contributed by atoms with E-state index in [1.807, 2.05) is 6.54 Å². The van der Waals surface area contributed by atoms with Crippen molar-refractivity contribution in [2.24, 2.45) is 5.41 Å². The summed E-state index contributed by atoms with van der Waals surface area (Å²) in [5, 5.41) is 2.83. The second kappa shape index (κ2) is 6.44. The Balaban J connectivity index is 0. The zero-order valence-electron chi connectivity index (χ0n) is 6.77. The van der Waals surface area contributed by atoms with Crippen molar-refractivity contribution in [3.8, 4) is 0 Å². The van der Waals surface area contributed by atoms with E-state index in [4.69, 9.17) is 0 Å². The van der Waals surface area contributed by atoms with Crippen molar-refractivity contribution >= 4 is 6.29 Å². The zero-order valence-corrected chi connectivity index (χ0v) is 9.61. The summed E-state index contributed by atoms with van der Waals surface area (Å²) >= 11 is 0. The third kappa shape index (κ3) is 11.5. The summed E-state index contributed by atoms with van der Waals surface area (Å²) in [6.07, 6.45) is 1.75. The van der Waals surface area contributed by atoms with Crippen molar-refractivity contribution in [1.82, 2.24) is 5.32 Å². The first kappa shape index (κ1) is 13.3. The molecule has 0 aliphatic heterocycles. The van der Waals surface area contributed by atoms with Gasteiger partial charge in [0.2, 0.25) is 0 Å². The van der Waals surface area contributed by atoms with E-state index in [1.165, 1.54) is 0 Å². The molecular formula is C7H13NOY-2. The second-order valence-electron chi connectivity index (χ2n) is 3.04. The summed E-state index contributed by atoms with van der Waals surface area (Å²) < 4.78 is 0. The first-order valence-electron chi connectivity index (χ1n) is 2.99. The van der Waals surface area contributed by atoms with Crippen LogP contribution in [0.3, 0.4) is 0 Å². The first-order valence-corrected chi connectivity index (χ1v) is 2.99.